The normalized spacial score (nSPS) is 14.1. The number of pyridine rings is 1. The maximum atomic E-state index is 13.0. The summed E-state index contributed by atoms with van der Waals surface area (Å²) in [6, 6.07) is 7.37. The van der Waals surface area contributed by atoms with Gasteiger partial charge in [-0.1, -0.05) is 23.7 Å². The van der Waals surface area contributed by atoms with Crippen molar-refractivity contribution in [2.24, 2.45) is 0 Å². The molecule has 0 unspecified atom stereocenters. The van der Waals surface area contributed by atoms with E-state index >= 15 is 0 Å². The Labute approximate surface area is 138 Å². The number of benzene rings is 1. The van der Waals surface area contributed by atoms with E-state index in [9.17, 15) is 4.79 Å². The Balaban J connectivity index is 1.77. The number of rotatable bonds is 1. The van der Waals surface area contributed by atoms with E-state index in [2.05, 4.69) is 15.0 Å². The molecular weight excluding hydrogens is 312 g/mol. The highest BCUT2D eigenvalue weighted by molar-refractivity contribution is 6.35. The van der Waals surface area contributed by atoms with Gasteiger partial charge in [0.05, 0.1) is 40.4 Å². The molecule has 0 saturated carbocycles. The summed E-state index contributed by atoms with van der Waals surface area (Å²) in [5.74, 6) is 0.00279. The maximum absolute atomic E-state index is 13.0. The number of halogens is 1. The number of imidazole rings is 1. The molecule has 3 aromatic rings. The molecule has 3 heterocycles. The molecule has 2 aromatic heterocycles. The van der Waals surface area contributed by atoms with Crippen molar-refractivity contribution >= 4 is 28.4 Å². The first-order chi connectivity index (χ1) is 11.1. The van der Waals surface area contributed by atoms with Gasteiger partial charge in [0, 0.05) is 24.0 Å². The fourth-order valence-corrected chi connectivity index (χ4v) is 3.29. The van der Waals surface area contributed by atoms with E-state index in [1.54, 1.807) is 12.4 Å². The number of hydrogen-bond donors (Lipinski definition) is 1. The second kappa shape index (κ2) is 5.35. The lowest BCUT2D eigenvalue weighted by molar-refractivity contribution is 0.0734. The van der Waals surface area contributed by atoms with Gasteiger partial charge in [-0.05, 0) is 19.1 Å². The summed E-state index contributed by atoms with van der Waals surface area (Å²) in [6.45, 7) is 3.10. The molecule has 0 atom stereocenters. The van der Waals surface area contributed by atoms with Crippen molar-refractivity contribution in [2.45, 2.75) is 19.9 Å². The third-order valence-electron chi connectivity index (χ3n) is 4.21. The third-order valence-corrected chi connectivity index (χ3v) is 4.52. The number of aromatic nitrogens is 3. The first-order valence-electron chi connectivity index (χ1n) is 7.50. The summed E-state index contributed by atoms with van der Waals surface area (Å²) in [5, 5.41) is 1.36. The van der Waals surface area contributed by atoms with Crippen molar-refractivity contribution in [3.8, 4) is 0 Å². The summed E-state index contributed by atoms with van der Waals surface area (Å²) < 4.78 is 0. The Morgan fingerprint density at radius 3 is 3.13 bits per heavy atom. The van der Waals surface area contributed by atoms with Gasteiger partial charge < -0.3 is 9.88 Å². The van der Waals surface area contributed by atoms with Gasteiger partial charge in [0.15, 0.2) is 0 Å². The van der Waals surface area contributed by atoms with E-state index in [0.29, 0.717) is 29.2 Å². The lowest BCUT2D eigenvalue weighted by atomic mass is 10.0. The SMILES string of the molecule is Cc1cc(C(=O)N2CCc3nc[nH]c3C2)c2cccc(Cl)c2n1. The molecule has 116 valence electrons. The van der Waals surface area contributed by atoms with Gasteiger partial charge in [0.2, 0.25) is 0 Å². The van der Waals surface area contributed by atoms with E-state index in [4.69, 9.17) is 11.6 Å². The molecule has 4 rings (SSSR count). The summed E-state index contributed by atoms with van der Waals surface area (Å²) in [7, 11) is 0. The van der Waals surface area contributed by atoms with E-state index in [-0.39, 0.29) is 5.91 Å². The fraction of sp³-hybridized carbons (Fsp3) is 0.235. The Morgan fingerprint density at radius 1 is 1.39 bits per heavy atom. The average molecular weight is 327 g/mol. The van der Waals surface area contributed by atoms with E-state index in [1.165, 1.54) is 0 Å². The van der Waals surface area contributed by atoms with Gasteiger partial charge in [-0.2, -0.15) is 0 Å². The van der Waals surface area contributed by atoms with Crippen LogP contribution in [0.5, 0.6) is 0 Å². The largest absolute Gasteiger partial charge is 0.347 e. The van der Waals surface area contributed by atoms with Crippen molar-refractivity contribution in [1.29, 1.82) is 0 Å². The van der Waals surface area contributed by atoms with Crippen LogP contribution in [0.25, 0.3) is 10.9 Å². The third kappa shape index (κ3) is 2.37. The Bertz CT molecular complexity index is 918. The molecule has 5 nitrogen and oxygen atoms in total. The zero-order chi connectivity index (χ0) is 16.0. The zero-order valence-electron chi connectivity index (χ0n) is 12.6. The van der Waals surface area contributed by atoms with Crippen LogP contribution in [-0.2, 0) is 13.0 Å². The van der Waals surface area contributed by atoms with Crippen LogP contribution in [-0.4, -0.2) is 32.3 Å². The highest BCUT2D eigenvalue weighted by atomic mass is 35.5. The first-order valence-corrected chi connectivity index (χ1v) is 7.87. The predicted molar refractivity (Wildman–Crippen MR) is 88.5 cm³/mol. The molecule has 6 heteroatoms. The topological polar surface area (TPSA) is 61.9 Å². The molecule has 0 aliphatic carbocycles. The molecule has 0 fully saturated rings. The minimum absolute atomic E-state index is 0.00279. The van der Waals surface area contributed by atoms with E-state index in [1.807, 2.05) is 30.0 Å². The second-order valence-corrected chi connectivity index (χ2v) is 6.16. The molecule has 1 N–H and O–H groups in total. The Kier molecular flexibility index (Phi) is 3.31. The average Bonchev–Trinajstić information content (AvgIpc) is 3.02. The lowest BCUT2D eigenvalue weighted by Gasteiger charge is -2.27. The van der Waals surface area contributed by atoms with Crippen LogP contribution in [0.2, 0.25) is 5.02 Å². The smallest absolute Gasteiger partial charge is 0.254 e. The number of nitrogens with zero attached hydrogens (tertiary/aromatic N) is 3. The number of carbonyl (C=O) groups excluding carboxylic acids is 1. The van der Waals surface area contributed by atoms with Gasteiger partial charge in [-0.25, -0.2) is 4.98 Å². The van der Waals surface area contributed by atoms with Gasteiger partial charge in [0.1, 0.15) is 0 Å². The first kappa shape index (κ1) is 14.2. The Hall–Kier alpha value is -2.40. The number of hydrogen-bond acceptors (Lipinski definition) is 3. The maximum Gasteiger partial charge on any atom is 0.254 e. The van der Waals surface area contributed by atoms with Gasteiger partial charge in [-0.3, -0.25) is 9.78 Å². The van der Waals surface area contributed by atoms with Gasteiger partial charge in [-0.15, -0.1) is 0 Å². The molecule has 1 aliphatic rings. The molecular formula is C17H15ClN4O. The number of amides is 1. The summed E-state index contributed by atoms with van der Waals surface area (Å²) >= 11 is 6.24. The lowest BCUT2D eigenvalue weighted by Crippen LogP contribution is -2.36. The second-order valence-electron chi connectivity index (χ2n) is 5.75. The molecule has 0 saturated heterocycles. The van der Waals surface area contributed by atoms with Crippen LogP contribution in [0.1, 0.15) is 27.4 Å². The highest BCUT2D eigenvalue weighted by Crippen LogP contribution is 2.27. The number of aryl methyl sites for hydroxylation is 1. The van der Waals surface area contributed by atoms with Crippen molar-refractivity contribution in [2.75, 3.05) is 6.54 Å². The van der Waals surface area contributed by atoms with Gasteiger partial charge >= 0.3 is 0 Å². The number of H-pyrrole nitrogens is 1. The molecule has 23 heavy (non-hydrogen) atoms. The number of aromatic amines is 1. The molecule has 0 bridgehead atoms. The van der Waals surface area contributed by atoms with Crippen LogP contribution in [0.3, 0.4) is 0 Å². The quantitative estimate of drug-likeness (QED) is 0.747. The number of carbonyl (C=O) groups is 1. The Morgan fingerprint density at radius 2 is 2.26 bits per heavy atom. The van der Waals surface area contributed by atoms with Gasteiger partial charge in [0.25, 0.3) is 5.91 Å². The van der Waals surface area contributed by atoms with Crippen molar-refractivity contribution in [1.82, 2.24) is 19.9 Å². The van der Waals surface area contributed by atoms with Crippen LogP contribution >= 0.6 is 11.6 Å². The monoisotopic (exact) mass is 326 g/mol. The van der Waals surface area contributed by atoms with Crippen molar-refractivity contribution in [3.63, 3.8) is 0 Å². The molecule has 0 radical (unpaired) electrons. The van der Waals surface area contributed by atoms with Crippen LogP contribution in [0, 0.1) is 6.92 Å². The molecule has 1 amide bonds. The predicted octanol–water partition coefficient (Wildman–Crippen LogP) is 3.12. The van der Waals surface area contributed by atoms with Crippen molar-refractivity contribution < 1.29 is 4.79 Å². The van der Waals surface area contributed by atoms with E-state index < -0.39 is 0 Å². The summed E-state index contributed by atoms with van der Waals surface area (Å²) in [6.07, 6.45) is 2.46. The molecule has 1 aliphatic heterocycles. The van der Waals surface area contributed by atoms with Crippen LogP contribution in [0.4, 0.5) is 0 Å². The minimum atomic E-state index is 0.00279. The standard InChI is InChI=1S/C17H15ClN4O/c1-10-7-12(11-3-2-4-13(18)16(11)21-10)17(23)22-6-5-14-15(8-22)20-9-19-14/h2-4,7,9H,5-6,8H2,1H3,(H,19,20). The zero-order valence-corrected chi connectivity index (χ0v) is 13.4. The van der Waals surface area contributed by atoms with Crippen LogP contribution in [0.15, 0.2) is 30.6 Å². The van der Waals surface area contributed by atoms with Crippen LogP contribution < -0.4 is 0 Å². The number of fused-ring (bicyclic) bond motifs is 2. The molecule has 1 aromatic carbocycles. The minimum Gasteiger partial charge on any atom is -0.347 e. The summed E-state index contributed by atoms with van der Waals surface area (Å²) in [4.78, 5) is 26.7. The van der Waals surface area contributed by atoms with E-state index in [0.717, 1.165) is 28.9 Å². The fourth-order valence-electron chi connectivity index (χ4n) is 3.07. The number of nitrogens with one attached hydrogen (secondary N) is 1. The van der Waals surface area contributed by atoms with Crippen molar-refractivity contribution in [3.05, 3.63) is 58.3 Å². The highest BCUT2D eigenvalue weighted by Gasteiger charge is 2.25. The molecule has 0 spiro atoms. The number of para-hydroxylation sites is 1. The summed E-state index contributed by atoms with van der Waals surface area (Å²) in [5.41, 5.74) is 4.17.